The molecule has 0 aliphatic heterocycles. The smallest absolute Gasteiger partial charge is 0.0942 e. The first-order valence-electron chi connectivity index (χ1n) is 4.72. The van der Waals surface area contributed by atoms with E-state index in [1.54, 1.807) is 11.3 Å². The second-order valence-electron chi connectivity index (χ2n) is 3.50. The highest BCUT2D eigenvalue weighted by molar-refractivity contribution is 7.11. The number of halogens is 3. The zero-order valence-corrected chi connectivity index (χ0v) is 11.6. The highest BCUT2D eigenvalue weighted by Crippen LogP contribution is 2.38. The van der Waals surface area contributed by atoms with Crippen LogP contribution in [-0.4, -0.2) is 0 Å². The van der Waals surface area contributed by atoms with E-state index >= 15 is 0 Å². The molecular formula is C12H9Cl3S. The van der Waals surface area contributed by atoms with Crippen molar-refractivity contribution >= 4 is 46.1 Å². The second-order valence-corrected chi connectivity index (χ2v) is 5.70. The van der Waals surface area contributed by atoms with Crippen molar-refractivity contribution < 1.29 is 0 Å². The fourth-order valence-electron chi connectivity index (χ4n) is 1.46. The Morgan fingerprint density at radius 1 is 1.12 bits per heavy atom. The first-order valence-corrected chi connectivity index (χ1v) is 6.80. The van der Waals surface area contributed by atoms with Gasteiger partial charge in [0, 0.05) is 9.90 Å². The molecule has 0 N–H and O–H groups in total. The Kier molecular flexibility index (Phi) is 3.81. The summed E-state index contributed by atoms with van der Waals surface area (Å²) in [6, 6.07) is 7.65. The van der Waals surface area contributed by atoms with Crippen molar-refractivity contribution in [1.29, 1.82) is 0 Å². The standard InChI is InChI=1S/C12H9Cl3S/c1-7-6-8(2-3-9(7)13)11(15)12-10(14)4-5-16-12/h2-6,11H,1H3. The van der Waals surface area contributed by atoms with Crippen LogP contribution in [-0.2, 0) is 0 Å². The van der Waals surface area contributed by atoms with Gasteiger partial charge in [-0.3, -0.25) is 0 Å². The van der Waals surface area contributed by atoms with E-state index in [9.17, 15) is 0 Å². The maximum atomic E-state index is 6.39. The Labute approximate surface area is 114 Å². The zero-order valence-electron chi connectivity index (χ0n) is 8.51. The summed E-state index contributed by atoms with van der Waals surface area (Å²) in [5.41, 5.74) is 2.05. The summed E-state index contributed by atoms with van der Waals surface area (Å²) in [7, 11) is 0. The summed E-state index contributed by atoms with van der Waals surface area (Å²) in [6.45, 7) is 1.96. The number of benzene rings is 1. The Morgan fingerprint density at radius 3 is 2.44 bits per heavy atom. The van der Waals surface area contributed by atoms with E-state index in [4.69, 9.17) is 34.8 Å². The third-order valence-corrected chi connectivity index (χ3v) is 4.80. The second kappa shape index (κ2) is 4.97. The molecule has 0 fully saturated rings. The third kappa shape index (κ3) is 2.38. The summed E-state index contributed by atoms with van der Waals surface area (Å²) < 4.78 is 0. The minimum absolute atomic E-state index is 0.205. The molecule has 1 unspecified atom stereocenters. The number of aryl methyl sites for hydroxylation is 1. The van der Waals surface area contributed by atoms with E-state index in [1.807, 2.05) is 36.6 Å². The van der Waals surface area contributed by atoms with Gasteiger partial charge in [-0.25, -0.2) is 0 Å². The molecule has 1 aromatic carbocycles. The normalized spacial score (nSPS) is 12.8. The fraction of sp³-hybridized carbons (Fsp3) is 0.167. The quantitative estimate of drug-likeness (QED) is 0.623. The summed E-state index contributed by atoms with van der Waals surface area (Å²) in [6.07, 6.45) is 0. The molecule has 0 spiro atoms. The molecule has 0 saturated carbocycles. The molecule has 0 nitrogen and oxygen atoms in total. The van der Waals surface area contributed by atoms with Crippen molar-refractivity contribution in [3.8, 4) is 0 Å². The third-order valence-electron chi connectivity index (χ3n) is 2.35. The highest BCUT2D eigenvalue weighted by atomic mass is 35.5. The van der Waals surface area contributed by atoms with Gasteiger partial charge in [-0.2, -0.15) is 0 Å². The molecule has 0 saturated heterocycles. The van der Waals surface area contributed by atoms with Crippen LogP contribution in [0, 0.1) is 6.92 Å². The molecule has 1 heterocycles. The molecule has 0 aliphatic carbocycles. The van der Waals surface area contributed by atoms with Crippen molar-refractivity contribution in [3.63, 3.8) is 0 Å². The molecule has 2 aromatic rings. The van der Waals surface area contributed by atoms with Crippen molar-refractivity contribution in [3.05, 3.63) is 55.7 Å². The first-order chi connectivity index (χ1) is 7.59. The average molecular weight is 292 g/mol. The van der Waals surface area contributed by atoms with E-state index in [0.29, 0.717) is 0 Å². The van der Waals surface area contributed by atoms with Crippen molar-refractivity contribution in [2.24, 2.45) is 0 Å². The van der Waals surface area contributed by atoms with Crippen molar-refractivity contribution in [1.82, 2.24) is 0 Å². The molecular weight excluding hydrogens is 283 g/mol. The molecule has 0 aliphatic rings. The lowest BCUT2D eigenvalue weighted by Gasteiger charge is -2.10. The molecule has 0 amide bonds. The van der Waals surface area contributed by atoms with Gasteiger partial charge in [-0.05, 0) is 35.6 Å². The summed E-state index contributed by atoms with van der Waals surface area (Å²) in [5, 5.41) is 3.21. The summed E-state index contributed by atoms with van der Waals surface area (Å²) >= 11 is 20.0. The minimum atomic E-state index is -0.205. The number of thiophene rings is 1. The Balaban J connectivity index is 2.38. The maximum Gasteiger partial charge on any atom is 0.0942 e. The van der Waals surface area contributed by atoms with E-state index in [2.05, 4.69) is 0 Å². The van der Waals surface area contributed by atoms with Crippen LogP contribution >= 0.6 is 46.1 Å². The summed E-state index contributed by atoms with van der Waals surface area (Å²) in [5.74, 6) is 0. The predicted molar refractivity (Wildman–Crippen MR) is 73.2 cm³/mol. The number of alkyl halides is 1. The van der Waals surface area contributed by atoms with Gasteiger partial charge in [0.2, 0.25) is 0 Å². The molecule has 84 valence electrons. The van der Waals surface area contributed by atoms with Gasteiger partial charge in [0.25, 0.3) is 0 Å². The van der Waals surface area contributed by atoms with Gasteiger partial charge in [0.15, 0.2) is 0 Å². The molecule has 0 bridgehead atoms. The molecule has 16 heavy (non-hydrogen) atoms. The highest BCUT2D eigenvalue weighted by Gasteiger charge is 2.16. The molecule has 0 radical (unpaired) electrons. The van der Waals surface area contributed by atoms with Gasteiger partial charge >= 0.3 is 0 Å². The van der Waals surface area contributed by atoms with Crippen LogP contribution in [0.25, 0.3) is 0 Å². The van der Waals surface area contributed by atoms with Crippen LogP contribution in [0.1, 0.15) is 21.4 Å². The Morgan fingerprint density at radius 2 is 1.88 bits per heavy atom. The first kappa shape index (κ1) is 12.3. The van der Waals surface area contributed by atoms with Gasteiger partial charge in [-0.1, -0.05) is 35.3 Å². The van der Waals surface area contributed by atoms with Crippen LogP contribution in [0.15, 0.2) is 29.6 Å². The lowest BCUT2D eigenvalue weighted by atomic mass is 10.1. The van der Waals surface area contributed by atoms with E-state index < -0.39 is 0 Å². The van der Waals surface area contributed by atoms with Crippen LogP contribution in [0.3, 0.4) is 0 Å². The van der Waals surface area contributed by atoms with Crippen LogP contribution < -0.4 is 0 Å². The van der Waals surface area contributed by atoms with E-state index in [1.165, 1.54) is 0 Å². The molecule has 1 aromatic heterocycles. The van der Waals surface area contributed by atoms with Crippen molar-refractivity contribution in [2.75, 3.05) is 0 Å². The lowest BCUT2D eigenvalue weighted by Crippen LogP contribution is -1.92. The molecule has 4 heteroatoms. The number of rotatable bonds is 2. The van der Waals surface area contributed by atoms with Gasteiger partial charge in [0.1, 0.15) is 0 Å². The zero-order chi connectivity index (χ0) is 11.7. The van der Waals surface area contributed by atoms with Gasteiger partial charge < -0.3 is 0 Å². The van der Waals surface area contributed by atoms with E-state index in [0.717, 1.165) is 26.0 Å². The average Bonchev–Trinajstić information content (AvgIpc) is 2.67. The topological polar surface area (TPSA) is 0 Å². The minimum Gasteiger partial charge on any atom is -0.145 e. The number of hydrogen-bond donors (Lipinski definition) is 0. The SMILES string of the molecule is Cc1cc(C(Cl)c2sccc2Cl)ccc1Cl. The van der Waals surface area contributed by atoms with Crippen LogP contribution in [0.2, 0.25) is 10.0 Å². The lowest BCUT2D eigenvalue weighted by molar-refractivity contribution is 1.17. The monoisotopic (exact) mass is 290 g/mol. The number of hydrogen-bond acceptors (Lipinski definition) is 1. The van der Waals surface area contributed by atoms with Crippen LogP contribution in [0.4, 0.5) is 0 Å². The van der Waals surface area contributed by atoms with Gasteiger partial charge in [0.05, 0.1) is 10.4 Å². The van der Waals surface area contributed by atoms with Crippen molar-refractivity contribution in [2.45, 2.75) is 12.3 Å². The fourth-order valence-corrected chi connectivity index (χ4v) is 3.21. The van der Waals surface area contributed by atoms with Crippen LogP contribution in [0.5, 0.6) is 0 Å². The van der Waals surface area contributed by atoms with E-state index in [-0.39, 0.29) is 5.38 Å². The summed E-state index contributed by atoms with van der Waals surface area (Å²) in [4.78, 5) is 0.977. The Bertz CT molecular complexity index is 505. The molecule has 1 atom stereocenters. The largest absolute Gasteiger partial charge is 0.145 e. The van der Waals surface area contributed by atoms with Gasteiger partial charge in [-0.15, -0.1) is 22.9 Å². The Hall–Kier alpha value is -0.210. The molecule has 2 rings (SSSR count). The maximum absolute atomic E-state index is 6.39. The predicted octanol–water partition coefficient (Wildman–Crippen LogP) is 5.69.